The summed E-state index contributed by atoms with van der Waals surface area (Å²) in [5.74, 6) is 4.34. The fraction of sp³-hybridized carbons (Fsp3) is 0.800. The SMILES string of the molecule is C=C(C)[C@@H]1CC[C@H](C)[C@@H]2CCC(=C)[C@@H]3CC[C@@]3(C)C[C@H]21. The Kier molecular flexibility index (Phi) is 3.63. The summed E-state index contributed by atoms with van der Waals surface area (Å²) in [4.78, 5) is 0. The lowest BCUT2D eigenvalue weighted by atomic mass is 9.49. The minimum absolute atomic E-state index is 0.561. The molecular weight excluding hydrogens is 240 g/mol. The molecule has 6 atom stereocenters. The smallest absolute Gasteiger partial charge is 0.0152 e. The van der Waals surface area contributed by atoms with Crippen LogP contribution in [0.3, 0.4) is 0 Å². The van der Waals surface area contributed by atoms with Gasteiger partial charge in [0.25, 0.3) is 0 Å². The second-order valence-corrected chi connectivity index (χ2v) is 8.48. The molecule has 0 bridgehead atoms. The minimum atomic E-state index is 0.561. The average molecular weight is 272 g/mol. The zero-order chi connectivity index (χ0) is 14.5. The van der Waals surface area contributed by atoms with Crippen molar-refractivity contribution in [1.29, 1.82) is 0 Å². The molecule has 0 heterocycles. The molecule has 0 heteroatoms. The van der Waals surface area contributed by atoms with Gasteiger partial charge in [0.1, 0.15) is 0 Å². The first kappa shape index (κ1) is 14.4. The number of hydrogen-bond acceptors (Lipinski definition) is 0. The van der Waals surface area contributed by atoms with Crippen molar-refractivity contribution in [3.05, 3.63) is 24.3 Å². The predicted octanol–water partition coefficient (Wildman–Crippen LogP) is 6.00. The van der Waals surface area contributed by atoms with Crippen LogP contribution in [0.5, 0.6) is 0 Å². The lowest BCUT2D eigenvalue weighted by Crippen LogP contribution is -2.46. The number of fused-ring (bicyclic) bond motifs is 2. The molecular formula is C20H32. The second kappa shape index (κ2) is 5.04. The molecule has 20 heavy (non-hydrogen) atoms. The van der Waals surface area contributed by atoms with E-state index in [1.165, 1.54) is 50.5 Å². The van der Waals surface area contributed by atoms with E-state index in [1.54, 1.807) is 5.57 Å². The van der Waals surface area contributed by atoms with E-state index in [4.69, 9.17) is 0 Å². The van der Waals surface area contributed by atoms with Crippen molar-refractivity contribution in [2.45, 2.75) is 65.7 Å². The Hall–Kier alpha value is -0.520. The van der Waals surface area contributed by atoms with Gasteiger partial charge in [-0.25, -0.2) is 0 Å². The first-order chi connectivity index (χ1) is 9.42. The maximum absolute atomic E-state index is 4.44. The minimum Gasteiger partial charge on any atom is -0.0999 e. The highest BCUT2D eigenvalue weighted by Gasteiger charge is 2.50. The van der Waals surface area contributed by atoms with Crippen molar-refractivity contribution in [2.75, 3.05) is 0 Å². The van der Waals surface area contributed by atoms with E-state index < -0.39 is 0 Å². The van der Waals surface area contributed by atoms with Crippen LogP contribution in [0, 0.1) is 35.0 Å². The van der Waals surface area contributed by atoms with Gasteiger partial charge in [0.15, 0.2) is 0 Å². The average Bonchev–Trinajstić information content (AvgIpc) is 2.35. The fourth-order valence-corrected chi connectivity index (χ4v) is 5.78. The molecule has 0 nitrogen and oxygen atoms in total. The van der Waals surface area contributed by atoms with Crippen molar-refractivity contribution in [2.24, 2.45) is 35.0 Å². The van der Waals surface area contributed by atoms with Crippen LogP contribution in [0.15, 0.2) is 24.3 Å². The number of allylic oxidation sites excluding steroid dienone is 2. The molecule has 0 aromatic heterocycles. The van der Waals surface area contributed by atoms with Crippen LogP contribution in [0.4, 0.5) is 0 Å². The number of hydrogen-bond donors (Lipinski definition) is 0. The van der Waals surface area contributed by atoms with E-state index in [0.29, 0.717) is 5.41 Å². The maximum atomic E-state index is 4.44. The summed E-state index contributed by atoms with van der Waals surface area (Å²) in [5, 5.41) is 0. The van der Waals surface area contributed by atoms with E-state index in [-0.39, 0.29) is 0 Å². The second-order valence-electron chi connectivity index (χ2n) is 8.48. The summed E-state index contributed by atoms with van der Waals surface area (Å²) in [5.41, 5.74) is 3.58. The van der Waals surface area contributed by atoms with Crippen LogP contribution in [-0.2, 0) is 0 Å². The van der Waals surface area contributed by atoms with Crippen molar-refractivity contribution in [3.63, 3.8) is 0 Å². The Bertz CT molecular complexity index is 418. The molecule has 0 aliphatic heterocycles. The van der Waals surface area contributed by atoms with Gasteiger partial charge < -0.3 is 0 Å². The molecule has 0 aromatic carbocycles. The molecule has 0 N–H and O–H groups in total. The molecule has 3 fully saturated rings. The van der Waals surface area contributed by atoms with E-state index in [2.05, 4.69) is 33.9 Å². The van der Waals surface area contributed by atoms with Gasteiger partial charge >= 0.3 is 0 Å². The van der Waals surface area contributed by atoms with Crippen molar-refractivity contribution in [1.82, 2.24) is 0 Å². The molecule has 3 aliphatic carbocycles. The van der Waals surface area contributed by atoms with Gasteiger partial charge in [-0.05, 0) is 86.9 Å². The summed E-state index contributed by atoms with van der Waals surface area (Å²) >= 11 is 0. The van der Waals surface area contributed by atoms with Gasteiger partial charge in [0, 0.05) is 0 Å². The third kappa shape index (κ3) is 2.20. The van der Waals surface area contributed by atoms with Crippen molar-refractivity contribution >= 4 is 0 Å². The normalized spacial score (nSPS) is 48.4. The highest BCUT2D eigenvalue weighted by molar-refractivity contribution is 5.16. The zero-order valence-electron chi connectivity index (χ0n) is 13.8. The molecule has 0 unspecified atom stereocenters. The van der Waals surface area contributed by atoms with Crippen LogP contribution in [0.2, 0.25) is 0 Å². The predicted molar refractivity (Wildman–Crippen MR) is 87.5 cm³/mol. The number of rotatable bonds is 1. The highest BCUT2D eigenvalue weighted by Crippen LogP contribution is 2.60. The third-order valence-electron chi connectivity index (χ3n) is 7.20. The summed E-state index contributed by atoms with van der Waals surface area (Å²) < 4.78 is 0. The fourth-order valence-electron chi connectivity index (χ4n) is 5.78. The molecule has 3 saturated carbocycles. The molecule has 0 spiro atoms. The van der Waals surface area contributed by atoms with Gasteiger partial charge in [0.2, 0.25) is 0 Å². The van der Waals surface area contributed by atoms with E-state index >= 15 is 0 Å². The quantitative estimate of drug-likeness (QED) is 0.514. The molecule has 3 aliphatic rings. The Morgan fingerprint density at radius 3 is 2.50 bits per heavy atom. The van der Waals surface area contributed by atoms with E-state index in [9.17, 15) is 0 Å². The summed E-state index contributed by atoms with van der Waals surface area (Å²) in [6.45, 7) is 16.1. The molecule has 3 rings (SSSR count). The first-order valence-corrected chi connectivity index (χ1v) is 8.75. The monoisotopic (exact) mass is 272 g/mol. The van der Waals surface area contributed by atoms with E-state index in [0.717, 1.165) is 29.6 Å². The van der Waals surface area contributed by atoms with Crippen molar-refractivity contribution in [3.8, 4) is 0 Å². The summed E-state index contributed by atoms with van der Waals surface area (Å²) in [6, 6.07) is 0. The summed E-state index contributed by atoms with van der Waals surface area (Å²) in [6.07, 6.45) is 9.74. The topological polar surface area (TPSA) is 0 Å². The molecule has 0 saturated heterocycles. The van der Waals surface area contributed by atoms with Crippen LogP contribution in [0.25, 0.3) is 0 Å². The Labute approximate surface area is 125 Å². The molecule has 0 aromatic rings. The van der Waals surface area contributed by atoms with Gasteiger partial charge in [-0.1, -0.05) is 38.2 Å². The highest BCUT2D eigenvalue weighted by atomic mass is 14.5. The lowest BCUT2D eigenvalue weighted by molar-refractivity contribution is -0.0174. The Morgan fingerprint density at radius 2 is 1.90 bits per heavy atom. The summed E-state index contributed by atoms with van der Waals surface area (Å²) in [7, 11) is 0. The molecule has 0 amide bonds. The Balaban J connectivity index is 1.89. The molecule has 0 radical (unpaired) electrons. The van der Waals surface area contributed by atoms with Gasteiger partial charge in [-0.3, -0.25) is 0 Å². The lowest BCUT2D eigenvalue weighted by Gasteiger charge is -2.56. The maximum Gasteiger partial charge on any atom is -0.0152 e. The third-order valence-corrected chi connectivity index (χ3v) is 7.20. The largest absolute Gasteiger partial charge is 0.0999 e. The van der Waals surface area contributed by atoms with Crippen molar-refractivity contribution < 1.29 is 0 Å². The van der Waals surface area contributed by atoms with Crippen LogP contribution >= 0.6 is 0 Å². The van der Waals surface area contributed by atoms with Crippen LogP contribution < -0.4 is 0 Å². The molecule has 112 valence electrons. The van der Waals surface area contributed by atoms with E-state index in [1.807, 2.05) is 0 Å². The van der Waals surface area contributed by atoms with Gasteiger partial charge in [-0.2, -0.15) is 0 Å². The van der Waals surface area contributed by atoms with Gasteiger partial charge in [-0.15, -0.1) is 0 Å². The first-order valence-electron chi connectivity index (χ1n) is 8.75. The standard InChI is InChI=1S/C20H32/c1-13(2)16-8-6-14(3)17-9-7-15(4)19-10-11-20(19,5)12-18(16)17/h14,16-19H,1,4,6-12H2,2-3,5H3/t14-,16-,17-,18-,19-,20-/m0/s1. The Morgan fingerprint density at radius 1 is 1.15 bits per heavy atom. The zero-order valence-corrected chi connectivity index (χ0v) is 13.8. The van der Waals surface area contributed by atoms with Crippen LogP contribution in [0.1, 0.15) is 65.7 Å². The van der Waals surface area contributed by atoms with Crippen LogP contribution in [-0.4, -0.2) is 0 Å². The van der Waals surface area contributed by atoms with Gasteiger partial charge in [0.05, 0.1) is 0 Å².